The lowest BCUT2D eigenvalue weighted by atomic mass is 10.1. The first kappa shape index (κ1) is 31.9. The molecule has 0 saturated carbocycles. The van der Waals surface area contributed by atoms with Gasteiger partial charge < -0.3 is 14.5 Å². The summed E-state index contributed by atoms with van der Waals surface area (Å²) in [4.78, 5) is 32.0. The van der Waals surface area contributed by atoms with E-state index in [1.807, 2.05) is 44.2 Å². The number of rotatable bonds is 11. The first-order valence-electron chi connectivity index (χ1n) is 14.3. The van der Waals surface area contributed by atoms with Crippen LogP contribution in [0.4, 0.5) is 4.79 Å². The van der Waals surface area contributed by atoms with Gasteiger partial charge in [0.15, 0.2) is 0 Å². The Morgan fingerprint density at radius 1 is 1.05 bits per heavy atom. The number of sulfonamides is 1. The van der Waals surface area contributed by atoms with E-state index in [1.54, 1.807) is 52.0 Å². The van der Waals surface area contributed by atoms with E-state index in [0.717, 1.165) is 11.1 Å². The van der Waals surface area contributed by atoms with E-state index in [0.29, 0.717) is 5.69 Å². The molecule has 1 atom stereocenters. The van der Waals surface area contributed by atoms with E-state index in [2.05, 4.69) is 5.16 Å². The molecule has 4 rings (SSSR count). The summed E-state index contributed by atoms with van der Waals surface area (Å²) in [5, 5.41) is 14.0. The molecule has 12 heteroatoms. The molecule has 1 N–H and O–H groups in total. The topological polar surface area (TPSA) is 139 Å². The first-order chi connectivity index (χ1) is 20.3. The van der Waals surface area contributed by atoms with E-state index in [1.165, 1.54) is 13.8 Å². The van der Waals surface area contributed by atoms with Crippen LogP contribution in [0.15, 0.2) is 68.8 Å². The lowest BCUT2D eigenvalue weighted by molar-refractivity contribution is 0.0976. The monoisotopic (exact) mass is 609 g/mol. The second kappa shape index (κ2) is 12.7. The Hall–Kier alpha value is -4.03. The molecular formula is C31H39N5O6S. The number of hydrogen-bond donors (Lipinski definition) is 1. The Morgan fingerprint density at radius 3 is 2.28 bits per heavy atom. The van der Waals surface area contributed by atoms with Crippen molar-refractivity contribution in [3.8, 4) is 0 Å². The zero-order valence-electron chi connectivity index (χ0n) is 25.4. The zero-order valence-corrected chi connectivity index (χ0v) is 26.3. The van der Waals surface area contributed by atoms with Gasteiger partial charge in [-0.1, -0.05) is 60.1 Å². The average Bonchev–Trinajstić information content (AvgIpc) is 3.32. The molecule has 0 aliphatic carbocycles. The number of benzene rings is 2. The third-order valence-corrected chi connectivity index (χ3v) is 9.36. The number of carbonyl (C=O) groups is 1. The molecule has 4 aromatic rings. The van der Waals surface area contributed by atoms with Gasteiger partial charge in [0, 0.05) is 18.6 Å². The minimum Gasteiger partial charge on any atom is -0.465 e. The van der Waals surface area contributed by atoms with Gasteiger partial charge in [0.25, 0.3) is 11.3 Å². The van der Waals surface area contributed by atoms with Crippen LogP contribution in [0.5, 0.6) is 0 Å². The van der Waals surface area contributed by atoms with Gasteiger partial charge in [-0.2, -0.15) is 9.29 Å². The van der Waals surface area contributed by atoms with Crippen LogP contribution in [0.1, 0.15) is 69.2 Å². The Balaban J connectivity index is 1.87. The smallest absolute Gasteiger partial charge is 0.407 e. The quantitative estimate of drug-likeness (QED) is 0.240. The third-order valence-electron chi connectivity index (χ3n) is 7.44. The van der Waals surface area contributed by atoms with E-state index in [4.69, 9.17) is 9.51 Å². The Bertz CT molecular complexity index is 1740. The molecule has 2 aromatic carbocycles. The fraction of sp³-hybridized carbons (Fsp3) is 0.419. The Kier molecular flexibility index (Phi) is 9.41. The van der Waals surface area contributed by atoms with Crippen LogP contribution in [-0.4, -0.2) is 62.2 Å². The maximum atomic E-state index is 14.3. The van der Waals surface area contributed by atoms with Crippen molar-refractivity contribution in [2.24, 2.45) is 0 Å². The molecule has 0 saturated heterocycles. The largest absolute Gasteiger partial charge is 0.465 e. The first-order valence-corrected chi connectivity index (χ1v) is 15.7. The van der Waals surface area contributed by atoms with Crippen molar-refractivity contribution in [3.63, 3.8) is 0 Å². The van der Waals surface area contributed by atoms with Crippen LogP contribution in [0, 0.1) is 13.8 Å². The molecule has 230 valence electrons. The summed E-state index contributed by atoms with van der Waals surface area (Å²) in [6, 6.07) is 15.1. The third kappa shape index (κ3) is 6.80. The van der Waals surface area contributed by atoms with Crippen LogP contribution in [0.25, 0.3) is 11.1 Å². The van der Waals surface area contributed by atoms with Crippen molar-refractivity contribution < 1.29 is 22.8 Å². The van der Waals surface area contributed by atoms with Gasteiger partial charge >= 0.3 is 6.09 Å². The van der Waals surface area contributed by atoms with Gasteiger partial charge in [0.1, 0.15) is 11.2 Å². The molecule has 0 aliphatic rings. The minimum atomic E-state index is -4.12. The van der Waals surface area contributed by atoms with E-state index < -0.39 is 27.7 Å². The van der Waals surface area contributed by atoms with Gasteiger partial charge in [0.2, 0.25) is 10.0 Å². The fourth-order valence-corrected chi connectivity index (χ4v) is 6.86. The number of carboxylic acid groups (broad SMARTS) is 1. The highest BCUT2D eigenvalue weighted by atomic mass is 32.2. The number of hydrogen-bond acceptors (Lipinski definition) is 7. The molecule has 0 aliphatic heterocycles. The standard InChI is InChI=1S/C31H39N5O6S/c1-7-25(27-32-28-26(22(3)33-42-28)29(37)34(27)20-23-12-9-8-10-13-23)36(19-11-18-35(30(38)39)31(4,5)6)43(40,41)24-16-14-21(2)15-17-24/h8-10,12-17,25H,7,11,18-20H2,1-6H3,(H,38,39). The van der Waals surface area contributed by atoms with Crippen molar-refractivity contribution in [1.29, 1.82) is 0 Å². The van der Waals surface area contributed by atoms with Crippen LogP contribution in [0.3, 0.4) is 0 Å². The molecule has 1 unspecified atom stereocenters. The molecule has 0 radical (unpaired) electrons. The fourth-order valence-electron chi connectivity index (χ4n) is 5.16. The van der Waals surface area contributed by atoms with Crippen molar-refractivity contribution in [2.45, 2.75) is 77.4 Å². The van der Waals surface area contributed by atoms with Crippen molar-refractivity contribution in [1.82, 2.24) is 23.9 Å². The second-order valence-electron chi connectivity index (χ2n) is 11.6. The Morgan fingerprint density at radius 2 is 1.70 bits per heavy atom. The maximum absolute atomic E-state index is 14.3. The minimum absolute atomic E-state index is 0.0107. The van der Waals surface area contributed by atoms with Crippen molar-refractivity contribution >= 4 is 27.2 Å². The summed E-state index contributed by atoms with van der Waals surface area (Å²) in [6.07, 6.45) is -0.582. The number of nitrogens with zero attached hydrogens (tertiary/aromatic N) is 5. The van der Waals surface area contributed by atoms with Gasteiger partial charge in [-0.15, -0.1) is 0 Å². The molecule has 0 spiro atoms. The molecule has 2 heterocycles. The number of aromatic nitrogens is 3. The lowest BCUT2D eigenvalue weighted by Crippen LogP contribution is -2.46. The number of fused-ring (bicyclic) bond motifs is 1. The summed E-state index contributed by atoms with van der Waals surface area (Å²) in [5.41, 5.74) is 1.13. The van der Waals surface area contributed by atoms with Crippen LogP contribution >= 0.6 is 0 Å². The molecule has 0 bridgehead atoms. The van der Waals surface area contributed by atoms with Gasteiger partial charge in [-0.25, -0.2) is 13.2 Å². The average molecular weight is 610 g/mol. The Labute approximate surface area is 251 Å². The molecule has 0 fully saturated rings. The summed E-state index contributed by atoms with van der Waals surface area (Å²) in [7, 11) is -4.12. The van der Waals surface area contributed by atoms with E-state index in [9.17, 15) is 23.1 Å². The molecular weight excluding hydrogens is 570 g/mol. The highest BCUT2D eigenvalue weighted by molar-refractivity contribution is 7.89. The predicted octanol–water partition coefficient (Wildman–Crippen LogP) is 5.36. The second-order valence-corrected chi connectivity index (χ2v) is 13.5. The highest BCUT2D eigenvalue weighted by Crippen LogP contribution is 2.31. The summed E-state index contributed by atoms with van der Waals surface area (Å²) < 4.78 is 36.8. The number of amides is 1. The highest BCUT2D eigenvalue weighted by Gasteiger charge is 2.36. The van der Waals surface area contributed by atoms with Crippen LogP contribution in [0.2, 0.25) is 0 Å². The van der Waals surface area contributed by atoms with Gasteiger partial charge in [0.05, 0.1) is 23.2 Å². The van der Waals surface area contributed by atoms with Crippen LogP contribution < -0.4 is 5.56 Å². The van der Waals surface area contributed by atoms with Crippen LogP contribution in [-0.2, 0) is 16.6 Å². The normalized spacial score (nSPS) is 13.0. The molecule has 11 nitrogen and oxygen atoms in total. The summed E-state index contributed by atoms with van der Waals surface area (Å²) >= 11 is 0. The van der Waals surface area contributed by atoms with Gasteiger partial charge in [-0.3, -0.25) is 9.36 Å². The van der Waals surface area contributed by atoms with Crippen molar-refractivity contribution in [3.05, 3.63) is 87.6 Å². The summed E-state index contributed by atoms with van der Waals surface area (Å²) in [6.45, 7) is 11.0. The lowest BCUT2D eigenvalue weighted by Gasteiger charge is -2.35. The molecule has 43 heavy (non-hydrogen) atoms. The SMILES string of the molecule is CCC(c1nc2onc(C)c2c(=O)n1Cc1ccccc1)N(CCCN(C(=O)O)C(C)(C)C)S(=O)(=O)c1ccc(C)cc1. The maximum Gasteiger partial charge on any atom is 0.407 e. The zero-order chi connectivity index (χ0) is 31.5. The molecule has 2 aromatic heterocycles. The van der Waals surface area contributed by atoms with E-state index in [-0.39, 0.29) is 59.9 Å². The number of aryl methyl sites for hydroxylation is 2. The summed E-state index contributed by atoms with van der Waals surface area (Å²) in [5.74, 6) is 0.224. The van der Waals surface area contributed by atoms with Gasteiger partial charge in [-0.05, 0) is 65.2 Å². The van der Waals surface area contributed by atoms with Crippen molar-refractivity contribution in [2.75, 3.05) is 13.1 Å². The molecule has 1 amide bonds. The predicted molar refractivity (Wildman–Crippen MR) is 164 cm³/mol. The van der Waals surface area contributed by atoms with E-state index >= 15 is 0 Å².